The molecular formula is C9H7BrN4OS. The Kier molecular flexibility index (Phi) is 3.16. The third-order valence-electron chi connectivity index (χ3n) is 1.76. The lowest BCUT2D eigenvalue weighted by molar-refractivity contribution is 0.102. The highest BCUT2D eigenvalue weighted by Gasteiger charge is 2.09. The van der Waals surface area contributed by atoms with Gasteiger partial charge < -0.3 is 5.73 Å². The van der Waals surface area contributed by atoms with Gasteiger partial charge in [0.1, 0.15) is 5.51 Å². The lowest BCUT2D eigenvalue weighted by Gasteiger charge is -2.03. The molecule has 0 spiro atoms. The molecule has 0 aliphatic heterocycles. The van der Waals surface area contributed by atoms with Gasteiger partial charge in [-0.3, -0.25) is 10.1 Å². The number of benzene rings is 1. The van der Waals surface area contributed by atoms with E-state index in [0.29, 0.717) is 16.4 Å². The van der Waals surface area contributed by atoms with E-state index >= 15 is 0 Å². The van der Waals surface area contributed by atoms with Crippen molar-refractivity contribution in [2.45, 2.75) is 0 Å². The van der Waals surface area contributed by atoms with Crippen molar-refractivity contribution in [1.29, 1.82) is 0 Å². The first-order valence-electron chi connectivity index (χ1n) is 4.29. The number of aromatic nitrogens is 2. The van der Waals surface area contributed by atoms with E-state index in [4.69, 9.17) is 5.73 Å². The highest BCUT2D eigenvalue weighted by atomic mass is 79.9. The smallest absolute Gasteiger partial charge is 0.257 e. The predicted molar refractivity (Wildman–Crippen MR) is 66.4 cm³/mol. The van der Waals surface area contributed by atoms with Crippen LogP contribution in [0, 0.1) is 0 Å². The van der Waals surface area contributed by atoms with Crippen LogP contribution in [0.15, 0.2) is 28.2 Å². The van der Waals surface area contributed by atoms with Gasteiger partial charge in [0, 0.05) is 15.7 Å². The quantitative estimate of drug-likeness (QED) is 0.832. The Morgan fingerprint density at radius 1 is 1.44 bits per heavy atom. The van der Waals surface area contributed by atoms with Crippen molar-refractivity contribution in [2.24, 2.45) is 0 Å². The maximum absolute atomic E-state index is 11.8. The Morgan fingerprint density at radius 3 is 2.88 bits per heavy atom. The van der Waals surface area contributed by atoms with Crippen molar-refractivity contribution >= 4 is 44.0 Å². The molecule has 2 aromatic rings. The molecule has 0 bridgehead atoms. The number of anilines is 2. The van der Waals surface area contributed by atoms with E-state index in [-0.39, 0.29) is 5.91 Å². The second kappa shape index (κ2) is 4.58. The number of nitrogens with two attached hydrogens (primary N) is 1. The summed E-state index contributed by atoms with van der Waals surface area (Å²) >= 11 is 4.53. The molecule has 2 rings (SSSR count). The lowest BCUT2D eigenvalue weighted by Crippen LogP contribution is -2.12. The molecule has 1 aromatic heterocycles. The molecule has 3 N–H and O–H groups in total. The zero-order valence-corrected chi connectivity index (χ0v) is 10.4. The van der Waals surface area contributed by atoms with E-state index < -0.39 is 0 Å². The molecule has 7 heteroatoms. The Balaban J connectivity index is 2.21. The molecule has 0 atom stereocenters. The van der Waals surface area contributed by atoms with E-state index in [1.165, 1.54) is 11.3 Å². The van der Waals surface area contributed by atoms with Gasteiger partial charge in [-0.2, -0.15) is 0 Å². The zero-order valence-electron chi connectivity index (χ0n) is 7.98. The van der Waals surface area contributed by atoms with Gasteiger partial charge in [0.05, 0.1) is 0 Å². The van der Waals surface area contributed by atoms with Crippen LogP contribution < -0.4 is 11.1 Å². The molecule has 5 nitrogen and oxygen atoms in total. The maximum atomic E-state index is 11.8. The first kappa shape index (κ1) is 11.0. The maximum Gasteiger partial charge on any atom is 0.257 e. The summed E-state index contributed by atoms with van der Waals surface area (Å²) < 4.78 is 0.759. The van der Waals surface area contributed by atoms with Crippen LogP contribution in [-0.2, 0) is 0 Å². The minimum absolute atomic E-state index is 0.259. The molecule has 0 fully saturated rings. The fourth-order valence-electron chi connectivity index (χ4n) is 1.14. The van der Waals surface area contributed by atoms with E-state index in [2.05, 4.69) is 31.4 Å². The molecule has 0 radical (unpaired) electrons. The number of carbonyl (C=O) groups excluding carboxylic acids is 1. The van der Waals surface area contributed by atoms with Gasteiger partial charge in [-0.15, -0.1) is 10.2 Å². The molecule has 0 saturated carbocycles. The molecule has 82 valence electrons. The van der Waals surface area contributed by atoms with Gasteiger partial charge in [0.25, 0.3) is 5.91 Å². The first-order chi connectivity index (χ1) is 7.65. The highest BCUT2D eigenvalue weighted by Crippen LogP contribution is 2.18. The van der Waals surface area contributed by atoms with Crippen molar-refractivity contribution in [3.8, 4) is 0 Å². The Morgan fingerprint density at radius 2 is 2.25 bits per heavy atom. The van der Waals surface area contributed by atoms with Crippen molar-refractivity contribution in [3.05, 3.63) is 33.7 Å². The molecule has 0 unspecified atom stereocenters. The molecule has 0 saturated heterocycles. The third kappa shape index (κ3) is 2.56. The summed E-state index contributed by atoms with van der Waals surface area (Å²) in [5, 5.41) is 10.4. The summed E-state index contributed by atoms with van der Waals surface area (Å²) in [7, 11) is 0. The monoisotopic (exact) mass is 298 g/mol. The Labute approximate surface area is 104 Å². The van der Waals surface area contributed by atoms with Crippen molar-refractivity contribution in [3.63, 3.8) is 0 Å². The van der Waals surface area contributed by atoms with Gasteiger partial charge in [0.15, 0.2) is 0 Å². The van der Waals surface area contributed by atoms with E-state index in [9.17, 15) is 4.79 Å². The topological polar surface area (TPSA) is 80.9 Å². The van der Waals surface area contributed by atoms with Gasteiger partial charge >= 0.3 is 0 Å². The molecule has 1 aromatic carbocycles. The van der Waals surface area contributed by atoms with Crippen molar-refractivity contribution in [2.75, 3.05) is 11.1 Å². The number of halogens is 1. The van der Waals surface area contributed by atoms with E-state index in [0.717, 1.165) is 4.47 Å². The van der Waals surface area contributed by atoms with Crippen LogP contribution in [0.5, 0.6) is 0 Å². The number of rotatable bonds is 2. The number of nitrogens with zero attached hydrogens (tertiary/aromatic N) is 2. The number of nitrogens with one attached hydrogen (secondary N) is 1. The molecule has 16 heavy (non-hydrogen) atoms. The number of hydrogen-bond acceptors (Lipinski definition) is 5. The summed E-state index contributed by atoms with van der Waals surface area (Å²) in [5.74, 6) is -0.259. The van der Waals surface area contributed by atoms with Gasteiger partial charge in [0.2, 0.25) is 5.13 Å². The van der Waals surface area contributed by atoms with Crippen LogP contribution in [-0.4, -0.2) is 16.1 Å². The van der Waals surface area contributed by atoms with Crippen LogP contribution in [0.3, 0.4) is 0 Å². The summed E-state index contributed by atoms with van der Waals surface area (Å²) in [4.78, 5) is 11.8. The van der Waals surface area contributed by atoms with Gasteiger partial charge in [-0.25, -0.2) is 0 Å². The number of nitrogen functional groups attached to an aromatic ring is 1. The van der Waals surface area contributed by atoms with Crippen LogP contribution in [0.25, 0.3) is 0 Å². The van der Waals surface area contributed by atoms with Crippen molar-refractivity contribution in [1.82, 2.24) is 10.2 Å². The molecule has 0 aliphatic carbocycles. The minimum Gasteiger partial charge on any atom is -0.399 e. The van der Waals surface area contributed by atoms with Gasteiger partial charge in [-0.05, 0) is 18.2 Å². The summed E-state index contributed by atoms with van der Waals surface area (Å²) in [6.45, 7) is 0. The van der Waals surface area contributed by atoms with Crippen LogP contribution in [0.4, 0.5) is 10.8 Å². The molecule has 1 amide bonds. The van der Waals surface area contributed by atoms with Crippen LogP contribution in [0.1, 0.15) is 10.4 Å². The minimum atomic E-state index is -0.259. The van der Waals surface area contributed by atoms with E-state index in [1.54, 1.807) is 23.7 Å². The van der Waals surface area contributed by atoms with E-state index in [1.807, 2.05) is 0 Å². The van der Waals surface area contributed by atoms with Crippen LogP contribution >= 0.6 is 27.3 Å². The van der Waals surface area contributed by atoms with Crippen LogP contribution in [0.2, 0.25) is 0 Å². The Hall–Kier alpha value is -1.47. The fourth-order valence-corrected chi connectivity index (χ4v) is 2.09. The largest absolute Gasteiger partial charge is 0.399 e. The van der Waals surface area contributed by atoms with Crippen molar-refractivity contribution < 1.29 is 4.79 Å². The SMILES string of the molecule is Nc1cc(Br)cc(C(=O)Nc2nncs2)c1. The first-order valence-corrected chi connectivity index (χ1v) is 5.96. The lowest BCUT2D eigenvalue weighted by atomic mass is 10.2. The van der Waals surface area contributed by atoms with Gasteiger partial charge in [-0.1, -0.05) is 27.3 Å². The Bertz CT molecular complexity index is 494. The molecule has 1 heterocycles. The normalized spacial score (nSPS) is 10.1. The fraction of sp³-hybridized carbons (Fsp3) is 0. The average Bonchev–Trinajstić information content (AvgIpc) is 2.68. The summed E-state index contributed by atoms with van der Waals surface area (Å²) in [6.07, 6.45) is 0. The number of hydrogen-bond donors (Lipinski definition) is 2. The average molecular weight is 299 g/mol. The second-order valence-corrected chi connectivity index (χ2v) is 4.72. The highest BCUT2D eigenvalue weighted by molar-refractivity contribution is 9.10. The molecule has 0 aliphatic rings. The summed E-state index contributed by atoms with van der Waals surface area (Å²) in [5.41, 5.74) is 8.18. The third-order valence-corrected chi connectivity index (χ3v) is 2.83. The summed E-state index contributed by atoms with van der Waals surface area (Å²) in [6, 6.07) is 5.01. The predicted octanol–water partition coefficient (Wildman–Crippen LogP) is 2.14. The molecular weight excluding hydrogens is 292 g/mol. The standard InChI is InChI=1S/C9H7BrN4OS/c10-6-1-5(2-7(11)3-6)8(15)13-9-14-12-4-16-9/h1-4H,11H2,(H,13,14,15). The zero-order chi connectivity index (χ0) is 11.5. The number of carbonyl (C=O) groups is 1. The second-order valence-electron chi connectivity index (χ2n) is 2.97. The number of amides is 1.